The maximum absolute atomic E-state index is 6.18. The Kier molecular flexibility index (Phi) is 5.39. The number of halogens is 2. The number of hydrogen-bond donors (Lipinski definition) is 1. The molecule has 90 valence electrons. The molecule has 0 bridgehead atoms. The quantitative estimate of drug-likeness (QED) is 0.874. The average molecular weight is 262 g/mol. The van der Waals surface area contributed by atoms with Gasteiger partial charge < -0.3 is 10.5 Å². The van der Waals surface area contributed by atoms with Gasteiger partial charge in [-0.2, -0.15) is 0 Å². The minimum atomic E-state index is 0.361. The van der Waals surface area contributed by atoms with E-state index in [-0.39, 0.29) is 0 Å². The van der Waals surface area contributed by atoms with Crippen molar-refractivity contribution < 1.29 is 4.74 Å². The summed E-state index contributed by atoms with van der Waals surface area (Å²) in [4.78, 5) is 0. The Balaban J connectivity index is 2.92. The van der Waals surface area contributed by atoms with Crippen molar-refractivity contribution >= 4 is 23.2 Å². The minimum absolute atomic E-state index is 0.361. The summed E-state index contributed by atoms with van der Waals surface area (Å²) in [6.07, 6.45) is 2.00. The first-order chi connectivity index (χ1) is 7.60. The molecule has 0 aliphatic heterocycles. The molecule has 2 N–H and O–H groups in total. The van der Waals surface area contributed by atoms with Crippen LogP contribution >= 0.6 is 23.2 Å². The summed E-state index contributed by atoms with van der Waals surface area (Å²) in [6.45, 7) is 2.82. The Morgan fingerprint density at radius 2 is 2.00 bits per heavy atom. The minimum Gasteiger partial charge on any atom is -0.495 e. The molecule has 2 nitrogen and oxygen atoms in total. The molecule has 4 heteroatoms. The summed E-state index contributed by atoms with van der Waals surface area (Å²) in [6, 6.07) is 3.64. The number of nitrogens with two attached hydrogens (primary N) is 1. The first-order valence-corrected chi connectivity index (χ1v) is 6.08. The van der Waals surface area contributed by atoms with E-state index >= 15 is 0 Å². The monoisotopic (exact) mass is 261 g/mol. The fourth-order valence-corrected chi connectivity index (χ4v) is 2.25. The van der Waals surface area contributed by atoms with Crippen LogP contribution < -0.4 is 10.5 Å². The van der Waals surface area contributed by atoms with Crippen LogP contribution in [0.3, 0.4) is 0 Å². The van der Waals surface area contributed by atoms with Gasteiger partial charge in [0.05, 0.1) is 12.1 Å². The first-order valence-electron chi connectivity index (χ1n) is 5.33. The Bertz CT molecular complexity index is 355. The molecule has 1 aromatic rings. The van der Waals surface area contributed by atoms with E-state index in [4.69, 9.17) is 33.7 Å². The van der Waals surface area contributed by atoms with Crippen LogP contribution in [0.25, 0.3) is 0 Å². The van der Waals surface area contributed by atoms with Crippen molar-refractivity contribution in [1.82, 2.24) is 0 Å². The van der Waals surface area contributed by atoms with E-state index in [1.54, 1.807) is 13.2 Å². The highest BCUT2D eigenvalue weighted by Gasteiger charge is 2.13. The zero-order chi connectivity index (χ0) is 12.1. The molecule has 1 atom stereocenters. The molecular formula is C12H17Cl2NO. The largest absolute Gasteiger partial charge is 0.495 e. The Hall–Kier alpha value is -0.440. The lowest BCUT2D eigenvalue weighted by atomic mass is 9.96. The standard InChI is InChI=1S/C12H17Cl2NO/c1-8(4-3-5-15)9-6-11(14)12(16-2)7-10(9)13/h6-8H,3-5,15H2,1-2H3. The van der Waals surface area contributed by atoms with E-state index in [1.165, 1.54) is 0 Å². The second-order valence-corrected chi connectivity index (χ2v) is 4.65. The highest BCUT2D eigenvalue weighted by molar-refractivity contribution is 6.34. The van der Waals surface area contributed by atoms with Crippen LogP contribution in [0, 0.1) is 0 Å². The highest BCUT2D eigenvalue weighted by atomic mass is 35.5. The smallest absolute Gasteiger partial charge is 0.138 e. The van der Waals surface area contributed by atoms with Crippen molar-refractivity contribution in [2.75, 3.05) is 13.7 Å². The van der Waals surface area contributed by atoms with E-state index < -0.39 is 0 Å². The van der Waals surface area contributed by atoms with Crippen LogP contribution in [0.4, 0.5) is 0 Å². The topological polar surface area (TPSA) is 35.2 Å². The molecule has 1 rings (SSSR count). The van der Waals surface area contributed by atoms with Crippen molar-refractivity contribution in [2.45, 2.75) is 25.7 Å². The fraction of sp³-hybridized carbons (Fsp3) is 0.500. The molecule has 0 aliphatic rings. The summed E-state index contributed by atoms with van der Waals surface area (Å²) in [5, 5.41) is 1.30. The molecule has 0 saturated carbocycles. The Morgan fingerprint density at radius 1 is 1.31 bits per heavy atom. The summed E-state index contributed by atoms with van der Waals surface area (Å²) in [7, 11) is 1.58. The van der Waals surface area contributed by atoms with Gasteiger partial charge in [-0.3, -0.25) is 0 Å². The van der Waals surface area contributed by atoms with Crippen LogP contribution in [0.1, 0.15) is 31.2 Å². The van der Waals surface area contributed by atoms with Crippen LogP contribution in [-0.4, -0.2) is 13.7 Å². The summed E-state index contributed by atoms with van der Waals surface area (Å²) >= 11 is 12.3. The molecule has 16 heavy (non-hydrogen) atoms. The summed E-state index contributed by atoms with van der Waals surface area (Å²) < 4.78 is 5.11. The lowest BCUT2D eigenvalue weighted by molar-refractivity contribution is 0.414. The lowest BCUT2D eigenvalue weighted by Crippen LogP contribution is -2.02. The molecule has 0 amide bonds. The van der Waals surface area contributed by atoms with E-state index in [0.717, 1.165) is 18.4 Å². The lowest BCUT2D eigenvalue weighted by Gasteiger charge is -2.15. The molecule has 1 unspecified atom stereocenters. The molecule has 0 spiro atoms. The average Bonchev–Trinajstić information content (AvgIpc) is 2.28. The zero-order valence-electron chi connectivity index (χ0n) is 9.59. The van der Waals surface area contributed by atoms with Gasteiger partial charge in [-0.05, 0) is 36.9 Å². The van der Waals surface area contributed by atoms with Gasteiger partial charge in [-0.25, -0.2) is 0 Å². The third kappa shape index (κ3) is 3.27. The predicted octanol–water partition coefficient (Wildman–Crippen LogP) is 3.84. The van der Waals surface area contributed by atoms with Crippen molar-refractivity contribution in [3.05, 3.63) is 27.7 Å². The maximum Gasteiger partial charge on any atom is 0.138 e. The number of hydrogen-bond acceptors (Lipinski definition) is 2. The third-order valence-electron chi connectivity index (χ3n) is 2.64. The fourth-order valence-electron chi connectivity index (χ4n) is 1.66. The second kappa shape index (κ2) is 6.33. The number of benzene rings is 1. The number of ether oxygens (including phenoxy) is 1. The third-order valence-corrected chi connectivity index (χ3v) is 3.27. The molecule has 0 saturated heterocycles. The second-order valence-electron chi connectivity index (χ2n) is 3.84. The van der Waals surface area contributed by atoms with E-state index in [0.29, 0.717) is 28.3 Å². The highest BCUT2D eigenvalue weighted by Crippen LogP contribution is 2.35. The van der Waals surface area contributed by atoms with Gasteiger partial charge in [0.15, 0.2) is 0 Å². The molecule has 1 aromatic carbocycles. The van der Waals surface area contributed by atoms with Gasteiger partial charge in [-0.15, -0.1) is 0 Å². The van der Waals surface area contributed by atoms with Gasteiger partial charge in [0.25, 0.3) is 0 Å². The van der Waals surface area contributed by atoms with Crippen molar-refractivity contribution in [3.8, 4) is 5.75 Å². The van der Waals surface area contributed by atoms with Gasteiger partial charge >= 0.3 is 0 Å². The maximum atomic E-state index is 6.18. The number of methoxy groups -OCH3 is 1. The molecular weight excluding hydrogens is 245 g/mol. The predicted molar refractivity (Wildman–Crippen MR) is 69.7 cm³/mol. The van der Waals surface area contributed by atoms with Crippen molar-refractivity contribution in [1.29, 1.82) is 0 Å². The van der Waals surface area contributed by atoms with Gasteiger partial charge in [0.2, 0.25) is 0 Å². The van der Waals surface area contributed by atoms with E-state index in [2.05, 4.69) is 6.92 Å². The SMILES string of the molecule is COc1cc(Cl)c(C(C)CCCN)cc1Cl. The zero-order valence-corrected chi connectivity index (χ0v) is 11.1. The number of rotatable bonds is 5. The molecule has 0 aromatic heterocycles. The van der Waals surface area contributed by atoms with Crippen molar-refractivity contribution in [2.24, 2.45) is 5.73 Å². The molecule has 0 radical (unpaired) electrons. The van der Waals surface area contributed by atoms with Gasteiger partial charge in [0.1, 0.15) is 5.75 Å². The van der Waals surface area contributed by atoms with Crippen molar-refractivity contribution in [3.63, 3.8) is 0 Å². The van der Waals surface area contributed by atoms with Crippen LogP contribution in [-0.2, 0) is 0 Å². The Labute approximate surface area is 107 Å². The van der Waals surface area contributed by atoms with Crippen LogP contribution in [0.2, 0.25) is 10.0 Å². The van der Waals surface area contributed by atoms with Crippen LogP contribution in [0.15, 0.2) is 12.1 Å². The molecule has 0 aliphatic carbocycles. The van der Waals surface area contributed by atoms with Gasteiger partial charge in [-0.1, -0.05) is 30.1 Å². The summed E-state index contributed by atoms with van der Waals surface area (Å²) in [5.74, 6) is 0.973. The molecule has 0 fully saturated rings. The van der Waals surface area contributed by atoms with Crippen LogP contribution in [0.5, 0.6) is 5.75 Å². The van der Waals surface area contributed by atoms with Gasteiger partial charge in [0, 0.05) is 11.1 Å². The van der Waals surface area contributed by atoms with E-state index in [9.17, 15) is 0 Å². The molecule has 0 heterocycles. The Morgan fingerprint density at radius 3 is 2.56 bits per heavy atom. The normalized spacial score (nSPS) is 12.6. The van der Waals surface area contributed by atoms with E-state index in [1.807, 2.05) is 6.07 Å². The first kappa shape index (κ1) is 13.6. The summed E-state index contributed by atoms with van der Waals surface area (Å²) in [5.41, 5.74) is 6.55.